The summed E-state index contributed by atoms with van der Waals surface area (Å²) < 4.78 is 4.96. The van der Waals surface area contributed by atoms with Crippen LogP contribution in [0.1, 0.15) is 23.2 Å². The van der Waals surface area contributed by atoms with Crippen LogP contribution in [0, 0.1) is 0 Å². The molecule has 2 rings (SSSR count). The molecule has 0 bridgehead atoms. The van der Waals surface area contributed by atoms with Crippen molar-refractivity contribution in [3.8, 4) is 0 Å². The molecule has 1 fully saturated rings. The third-order valence-corrected chi connectivity index (χ3v) is 5.36. The number of ether oxygens (including phenoxy) is 1. The Bertz CT molecular complexity index is 558. The van der Waals surface area contributed by atoms with Crippen LogP contribution in [0.15, 0.2) is 30.3 Å². The van der Waals surface area contributed by atoms with Crippen molar-refractivity contribution in [1.82, 2.24) is 5.32 Å². The van der Waals surface area contributed by atoms with Crippen LogP contribution in [0.25, 0.3) is 0 Å². The molecule has 2 atom stereocenters. The highest BCUT2D eigenvalue weighted by atomic mass is 32.2. The molecule has 1 aliphatic heterocycles. The fourth-order valence-corrected chi connectivity index (χ4v) is 3.99. The monoisotopic (exact) mass is 353 g/mol. The SMILES string of the molecule is CSCC(SC(=O)c1ccccc1)C(=O)OC(=O)[C@@H]1CCCN1. The van der Waals surface area contributed by atoms with Gasteiger partial charge >= 0.3 is 11.9 Å². The molecule has 0 aromatic heterocycles. The molecule has 0 aliphatic carbocycles. The standard InChI is InChI=1S/C16H19NO4S2/c1-22-10-13(23-16(20)11-6-3-2-4-7-11)15(19)21-14(18)12-8-5-9-17-12/h2-4,6-7,12-13,17H,5,8-10H2,1H3/t12-,13?/m0/s1. The second-order valence-electron chi connectivity index (χ2n) is 5.10. The second kappa shape index (κ2) is 9.10. The predicted octanol–water partition coefficient (Wildman–Crippen LogP) is 2.11. The molecule has 124 valence electrons. The summed E-state index contributed by atoms with van der Waals surface area (Å²) in [5.74, 6) is -0.785. The van der Waals surface area contributed by atoms with E-state index in [-0.39, 0.29) is 5.12 Å². The van der Waals surface area contributed by atoms with Gasteiger partial charge in [-0.3, -0.25) is 9.59 Å². The number of thioether (sulfide) groups is 2. The molecular weight excluding hydrogens is 334 g/mol. The van der Waals surface area contributed by atoms with E-state index in [1.54, 1.807) is 24.3 Å². The number of rotatable bonds is 6. The second-order valence-corrected chi connectivity index (χ2v) is 7.19. The maximum Gasteiger partial charge on any atom is 0.330 e. The molecule has 0 spiro atoms. The summed E-state index contributed by atoms with van der Waals surface area (Å²) in [4.78, 5) is 36.3. The molecule has 1 saturated heterocycles. The number of nitrogens with one attached hydrogen (secondary N) is 1. The number of hydrogen-bond acceptors (Lipinski definition) is 7. The summed E-state index contributed by atoms with van der Waals surface area (Å²) in [5, 5.41) is 2.10. The summed E-state index contributed by atoms with van der Waals surface area (Å²) >= 11 is 2.34. The number of hydrogen-bond donors (Lipinski definition) is 1. The highest BCUT2D eigenvalue weighted by Gasteiger charge is 2.30. The smallest absolute Gasteiger partial charge is 0.330 e. The van der Waals surface area contributed by atoms with Gasteiger partial charge in [0, 0.05) is 11.3 Å². The van der Waals surface area contributed by atoms with Gasteiger partial charge in [0.15, 0.2) is 0 Å². The first kappa shape index (κ1) is 18.0. The van der Waals surface area contributed by atoms with E-state index in [2.05, 4.69) is 5.32 Å². The van der Waals surface area contributed by atoms with Crippen LogP contribution in [0.4, 0.5) is 0 Å². The van der Waals surface area contributed by atoms with Crippen molar-refractivity contribution in [2.75, 3.05) is 18.6 Å². The minimum absolute atomic E-state index is 0.201. The maximum atomic E-state index is 12.2. The number of benzene rings is 1. The topological polar surface area (TPSA) is 72.5 Å². The Morgan fingerprint density at radius 2 is 2.04 bits per heavy atom. The van der Waals surface area contributed by atoms with E-state index in [0.29, 0.717) is 17.7 Å². The van der Waals surface area contributed by atoms with E-state index >= 15 is 0 Å². The Morgan fingerprint density at radius 1 is 1.30 bits per heavy atom. The first-order valence-electron chi connectivity index (χ1n) is 7.35. The first-order valence-corrected chi connectivity index (χ1v) is 9.63. The lowest BCUT2D eigenvalue weighted by molar-refractivity contribution is -0.160. The Kier molecular flexibility index (Phi) is 7.14. The van der Waals surface area contributed by atoms with Gasteiger partial charge in [-0.25, -0.2) is 4.79 Å². The van der Waals surface area contributed by atoms with Crippen molar-refractivity contribution in [2.24, 2.45) is 0 Å². The van der Waals surface area contributed by atoms with Crippen molar-refractivity contribution >= 4 is 40.6 Å². The van der Waals surface area contributed by atoms with E-state index in [0.717, 1.165) is 24.7 Å². The minimum Gasteiger partial charge on any atom is -0.391 e. The molecule has 0 saturated carbocycles. The largest absolute Gasteiger partial charge is 0.391 e. The third kappa shape index (κ3) is 5.37. The van der Waals surface area contributed by atoms with Crippen LogP contribution in [0.3, 0.4) is 0 Å². The highest BCUT2D eigenvalue weighted by Crippen LogP contribution is 2.22. The molecule has 1 aromatic carbocycles. The van der Waals surface area contributed by atoms with Gasteiger partial charge < -0.3 is 10.1 Å². The number of esters is 2. The molecular formula is C16H19NO4S2. The molecule has 0 amide bonds. The van der Waals surface area contributed by atoms with E-state index < -0.39 is 23.2 Å². The molecule has 1 aliphatic rings. The molecule has 1 N–H and O–H groups in total. The van der Waals surface area contributed by atoms with Crippen LogP contribution in [-0.4, -0.2) is 46.9 Å². The van der Waals surface area contributed by atoms with Gasteiger partial charge in [0.2, 0.25) is 5.12 Å². The van der Waals surface area contributed by atoms with Crippen LogP contribution in [0.2, 0.25) is 0 Å². The van der Waals surface area contributed by atoms with Crippen LogP contribution in [-0.2, 0) is 14.3 Å². The molecule has 0 radical (unpaired) electrons. The van der Waals surface area contributed by atoms with Crippen molar-refractivity contribution < 1.29 is 19.1 Å². The van der Waals surface area contributed by atoms with Gasteiger partial charge in [-0.1, -0.05) is 42.1 Å². The lowest BCUT2D eigenvalue weighted by Gasteiger charge is -2.15. The molecule has 1 unspecified atom stereocenters. The third-order valence-electron chi connectivity index (χ3n) is 3.39. The van der Waals surface area contributed by atoms with Crippen LogP contribution >= 0.6 is 23.5 Å². The van der Waals surface area contributed by atoms with Gasteiger partial charge in [0.25, 0.3) is 0 Å². The zero-order valence-electron chi connectivity index (χ0n) is 12.8. The summed E-state index contributed by atoms with van der Waals surface area (Å²) in [6.45, 7) is 0.753. The molecule has 7 heteroatoms. The van der Waals surface area contributed by atoms with Crippen LogP contribution < -0.4 is 5.32 Å². The fraction of sp³-hybridized carbons (Fsp3) is 0.438. The Labute approximate surface area is 143 Å². The Hall–Kier alpha value is -1.31. The zero-order valence-corrected chi connectivity index (χ0v) is 14.5. The molecule has 1 heterocycles. The van der Waals surface area contributed by atoms with E-state index in [9.17, 15) is 14.4 Å². The van der Waals surface area contributed by atoms with Crippen molar-refractivity contribution in [3.05, 3.63) is 35.9 Å². The van der Waals surface area contributed by atoms with Gasteiger partial charge in [-0.2, -0.15) is 11.8 Å². The van der Waals surface area contributed by atoms with Crippen molar-refractivity contribution in [1.29, 1.82) is 0 Å². The van der Waals surface area contributed by atoms with Gasteiger partial charge in [-0.15, -0.1) is 0 Å². The Morgan fingerprint density at radius 3 is 2.65 bits per heavy atom. The summed E-state index contributed by atoms with van der Waals surface area (Å²) in [5.41, 5.74) is 0.528. The van der Waals surface area contributed by atoms with Gasteiger partial charge in [0.1, 0.15) is 11.3 Å². The first-order chi connectivity index (χ1) is 11.1. The number of carbonyl (C=O) groups excluding carboxylic acids is 3. The van der Waals surface area contributed by atoms with Gasteiger partial charge in [0.05, 0.1) is 0 Å². The maximum absolute atomic E-state index is 12.2. The Balaban J connectivity index is 1.95. The summed E-state index contributed by atoms with van der Waals surface area (Å²) in [7, 11) is 0. The quantitative estimate of drug-likeness (QED) is 0.620. The fourth-order valence-electron chi connectivity index (χ4n) is 2.19. The molecule has 5 nitrogen and oxygen atoms in total. The minimum atomic E-state index is -0.692. The molecule has 23 heavy (non-hydrogen) atoms. The molecule has 1 aromatic rings. The normalized spacial score (nSPS) is 18.4. The van der Waals surface area contributed by atoms with E-state index in [1.807, 2.05) is 12.3 Å². The average molecular weight is 353 g/mol. The lowest BCUT2D eigenvalue weighted by Crippen LogP contribution is -2.36. The predicted molar refractivity (Wildman–Crippen MR) is 92.7 cm³/mol. The van der Waals surface area contributed by atoms with E-state index in [1.165, 1.54) is 11.8 Å². The van der Waals surface area contributed by atoms with E-state index in [4.69, 9.17) is 4.74 Å². The van der Waals surface area contributed by atoms with Crippen LogP contribution in [0.5, 0.6) is 0 Å². The van der Waals surface area contributed by atoms with Crippen molar-refractivity contribution in [3.63, 3.8) is 0 Å². The zero-order chi connectivity index (χ0) is 16.7. The van der Waals surface area contributed by atoms with Crippen molar-refractivity contribution in [2.45, 2.75) is 24.1 Å². The highest BCUT2D eigenvalue weighted by molar-refractivity contribution is 8.15. The summed E-state index contributed by atoms with van der Waals surface area (Å²) in [6.07, 6.45) is 3.41. The average Bonchev–Trinajstić information content (AvgIpc) is 3.09. The van der Waals surface area contributed by atoms with Gasteiger partial charge in [-0.05, 0) is 25.6 Å². The number of carbonyl (C=O) groups is 3. The summed E-state index contributed by atoms with van der Waals surface area (Å²) in [6, 6.07) is 8.34. The lowest BCUT2D eigenvalue weighted by atomic mass is 10.2.